The number of likely N-dealkylation sites (tertiary alicyclic amines) is 1. The summed E-state index contributed by atoms with van der Waals surface area (Å²) in [7, 11) is 0. The molecular weight excluding hydrogens is 206 g/mol. The Hall–Kier alpha value is -0.160. The van der Waals surface area contributed by atoms with Crippen molar-refractivity contribution in [2.24, 2.45) is 11.3 Å². The van der Waals surface area contributed by atoms with Crippen molar-refractivity contribution in [3.05, 3.63) is 0 Å². The van der Waals surface area contributed by atoms with E-state index in [4.69, 9.17) is 4.74 Å². The zero-order chi connectivity index (χ0) is 11.6. The van der Waals surface area contributed by atoms with Crippen molar-refractivity contribution in [2.45, 2.75) is 25.8 Å². The molecule has 0 aromatic heterocycles. The van der Waals surface area contributed by atoms with Crippen molar-refractivity contribution in [2.75, 3.05) is 39.5 Å². The SMILES string of the molecule is CC1CCN(CC2(CO)CCOC2)C1CO. The van der Waals surface area contributed by atoms with Crippen molar-refractivity contribution in [1.29, 1.82) is 0 Å². The van der Waals surface area contributed by atoms with E-state index in [-0.39, 0.29) is 24.7 Å². The Morgan fingerprint density at radius 3 is 2.81 bits per heavy atom. The zero-order valence-corrected chi connectivity index (χ0v) is 10.1. The summed E-state index contributed by atoms with van der Waals surface area (Å²) in [4.78, 5) is 2.33. The van der Waals surface area contributed by atoms with Crippen molar-refractivity contribution >= 4 is 0 Å². The van der Waals surface area contributed by atoms with E-state index in [9.17, 15) is 10.2 Å². The number of aliphatic hydroxyl groups is 2. The summed E-state index contributed by atoms with van der Waals surface area (Å²) in [6.45, 7) is 5.92. The molecule has 2 rings (SSSR count). The molecule has 2 N–H and O–H groups in total. The van der Waals surface area contributed by atoms with Gasteiger partial charge in [0.15, 0.2) is 0 Å². The highest BCUT2D eigenvalue weighted by Crippen LogP contribution is 2.33. The Morgan fingerprint density at radius 1 is 1.44 bits per heavy atom. The van der Waals surface area contributed by atoms with Crippen LogP contribution in [-0.4, -0.2) is 60.7 Å². The lowest BCUT2D eigenvalue weighted by molar-refractivity contribution is 0.0380. The Bertz CT molecular complexity index is 228. The van der Waals surface area contributed by atoms with Gasteiger partial charge in [0.05, 0.1) is 19.8 Å². The molecule has 3 atom stereocenters. The third-order valence-corrected chi connectivity index (χ3v) is 4.24. The first kappa shape index (κ1) is 12.3. The van der Waals surface area contributed by atoms with Crippen molar-refractivity contribution in [3.63, 3.8) is 0 Å². The minimum atomic E-state index is -0.0858. The molecule has 2 aliphatic rings. The second-order valence-corrected chi connectivity index (χ2v) is 5.45. The number of hydrogen-bond acceptors (Lipinski definition) is 4. The van der Waals surface area contributed by atoms with Gasteiger partial charge in [-0.2, -0.15) is 0 Å². The van der Waals surface area contributed by atoms with Crippen molar-refractivity contribution in [1.82, 2.24) is 4.90 Å². The fraction of sp³-hybridized carbons (Fsp3) is 1.00. The molecule has 0 saturated carbocycles. The molecule has 0 bridgehead atoms. The van der Waals surface area contributed by atoms with E-state index >= 15 is 0 Å². The maximum Gasteiger partial charge on any atom is 0.0589 e. The van der Waals surface area contributed by atoms with Gasteiger partial charge in [-0.3, -0.25) is 4.90 Å². The van der Waals surface area contributed by atoms with Crippen molar-refractivity contribution in [3.8, 4) is 0 Å². The summed E-state index contributed by atoms with van der Waals surface area (Å²) in [6, 6.07) is 0.268. The van der Waals surface area contributed by atoms with Crippen LogP contribution in [0.2, 0.25) is 0 Å². The first-order valence-corrected chi connectivity index (χ1v) is 6.24. The van der Waals surface area contributed by atoms with Crippen LogP contribution in [-0.2, 0) is 4.74 Å². The minimum Gasteiger partial charge on any atom is -0.396 e. The van der Waals surface area contributed by atoms with Crippen LogP contribution in [0.15, 0.2) is 0 Å². The third-order valence-electron chi connectivity index (χ3n) is 4.24. The first-order valence-electron chi connectivity index (χ1n) is 6.24. The lowest BCUT2D eigenvalue weighted by atomic mass is 9.87. The molecular formula is C12H23NO3. The Labute approximate surface area is 97.2 Å². The standard InChI is InChI=1S/C12H23NO3/c1-10-2-4-13(11(10)6-14)7-12(8-15)3-5-16-9-12/h10-11,14-15H,2-9H2,1H3. The van der Waals surface area contributed by atoms with Crippen molar-refractivity contribution < 1.29 is 14.9 Å². The fourth-order valence-corrected chi connectivity index (χ4v) is 2.96. The quantitative estimate of drug-likeness (QED) is 0.717. The highest BCUT2D eigenvalue weighted by molar-refractivity contribution is 4.92. The van der Waals surface area contributed by atoms with Gasteiger partial charge in [-0.15, -0.1) is 0 Å². The van der Waals surface area contributed by atoms with Gasteiger partial charge >= 0.3 is 0 Å². The van der Waals surface area contributed by atoms with Gasteiger partial charge in [-0.05, 0) is 25.3 Å². The molecule has 0 radical (unpaired) electrons. The highest BCUT2D eigenvalue weighted by Gasteiger charge is 2.40. The number of rotatable bonds is 4. The maximum absolute atomic E-state index is 9.53. The average molecular weight is 229 g/mol. The van der Waals surface area contributed by atoms with Crippen LogP contribution in [0.1, 0.15) is 19.8 Å². The van der Waals surface area contributed by atoms with E-state index in [0.29, 0.717) is 12.5 Å². The van der Waals surface area contributed by atoms with Crippen LogP contribution < -0.4 is 0 Å². The number of ether oxygens (including phenoxy) is 1. The molecule has 2 aliphatic heterocycles. The summed E-state index contributed by atoms with van der Waals surface area (Å²) in [5, 5.41) is 18.9. The first-order chi connectivity index (χ1) is 7.71. The van der Waals surface area contributed by atoms with Crippen LogP contribution in [0, 0.1) is 11.3 Å². The molecule has 0 amide bonds. The van der Waals surface area contributed by atoms with Gasteiger partial charge in [0.25, 0.3) is 0 Å². The van der Waals surface area contributed by atoms with E-state index in [0.717, 1.165) is 32.5 Å². The van der Waals surface area contributed by atoms with Gasteiger partial charge in [0.2, 0.25) is 0 Å². The lowest BCUT2D eigenvalue weighted by Crippen LogP contribution is -2.45. The molecule has 94 valence electrons. The second kappa shape index (κ2) is 5.00. The maximum atomic E-state index is 9.53. The Morgan fingerprint density at radius 2 is 2.25 bits per heavy atom. The predicted molar refractivity (Wildman–Crippen MR) is 61.2 cm³/mol. The van der Waals surface area contributed by atoms with E-state index in [1.165, 1.54) is 0 Å². The molecule has 0 spiro atoms. The largest absolute Gasteiger partial charge is 0.396 e. The summed E-state index contributed by atoms with van der Waals surface area (Å²) in [6.07, 6.45) is 2.08. The number of hydrogen-bond donors (Lipinski definition) is 2. The summed E-state index contributed by atoms with van der Waals surface area (Å²) >= 11 is 0. The summed E-state index contributed by atoms with van der Waals surface area (Å²) in [5.74, 6) is 0.558. The highest BCUT2D eigenvalue weighted by atomic mass is 16.5. The number of nitrogens with zero attached hydrogens (tertiary/aromatic N) is 1. The van der Waals surface area contributed by atoms with E-state index in [1.807, 2.05) is 0 Å². The molecule has 2 saturated heterocycles. The van der Waals surface area contributed by atoms with Gasteiger partial charge in [-0.25, -0.2) is 0 Å². The third kappa shape index (κ3) is 2.25. The molecule has 16 heavy (non-hydrogen) atoms. The van der Waals surface area contributed by atoms with E-state index in [1.54, 1.807) is 0 Å². The lowest BCUT2D eigenvalue weighted by Gasteiger charge is -2.34. The van der Waals surface area contributed by atoms with E-state index < -0.39 is 0 Å². The molecule has 3 unspecified atom stereocenters. The van der Waals surface area contributed by atoms with Gasteiger partial charge in [0, 0.05) is 24.6 Å². The number of aliphatic hydroxyl groups excluding tert-OH is 2. The van der Waals surface area contributed by atoms with Gasteiger partial charge in [0.1, 0.15) is 0 Å². The van der Waals surface area contributed by atoms with Gasteiger partial charge in [-0.1, -0.05) is 6.92 Å². The molecule has 0 aromatic carbocycles. The molecule has 2 fully saturated rings. The molecule has 4 heteroatoms. The molecule has 0 aliphatic carbocycles. The monoisotopic (exact) mass is 229 g/mol. The Balaban J connectivity index is 1.97. The normalized spacial score (nSPS) is 40.7. The smallest absolute Gasteiger partial charge is 0.0589 e. The van der Waals surface area contributed by atoms with Crippen LogP contribution in [0.4, 0.5) is 0 Å². The van der Waals surface area contributed by atoms with Gasteiger partial charge < -0.3 is 14.9 Å². The van der Waals surface area contributed by atoms with Crippen LogP contribution in [0.5, 0.6) is 0 Å². The zero-order valence-electron chi connectivity index (χ0n) is 10.1. The average Bonchev–Trinajstić information content (AvgIpc) is 2.88. The van der Waals surface area contributed by atoms with Crippen LogP contribution in [0.25, 0.3) is 0 Å². The summed E-state index contributed by atoms with van der Waals surface area (Å²) in [5.41, 5.74) is -0.0858. The Kier molecular flexibility index (Phi) is 3.85. The second-order valence-electron chi connectivity index (χ2n) is 5.45. The molecule has 0 aromatic rings. The predicted octanol–water partition coefficient (Wildman–Crippen LogP) is 0.0881. The van der Waals surface area contributed by atoms with E-state index in [2.05, 4.69) is 11.8 Å². The topological polar surface area (TPSA) is 52.9 Å². The van der Waals surface area contributed by atoms with Crippen LogP contribution in [0.3, 0.4) is 0 Å². The fourth-order valence-electron chi connectivity index (χ4n) is 2.96. The van der Waals surface area contributed by atoms with Crippen LogP contribution >= 0.6 is 0 Å². The summed E-state index contributed by atoms with van der Waals surface area (Å²) < 4.78 is 5.41. The molecule has 2 heterocycles. The molecule has 4 nitrogen and oxygen atoms in total. The minimum absolute atomic E-state index is 0.0858.